The standard InChI is InChI=1S/C42H57N3O10/c1-11-32-42(7)36(44-40(50)55-42)25(4)33(46)23(2)21-41(6,51-10)37(54-39-35(48)31(45(8)9)19-24(3)52-39)26(5)34(47)29(38(49)53-32)17-14-15-27-20-28-16-12-13-18-30(28)43-22-27/h12-13,16,18,20,22-26,29,31-32,35-37,39,48H,11,17,19,21H2,1-10H3,(H,44,50)/t23-,24-,25-,26+,29?,31+,32+,35-,36-,37-,39+,41+,42-/m1/s1. The molecule has 1 aromatic carbocycles. The van der Waals surface area contributed by atoms with Crippen molar-refractivity contribution in [2.24, 2.45) is 23.7 Å². The first-order valence-electron chi connectivity index (χ1n) is 19.3. The Bertz CT molecular complexity index is 1810. The first-order chi connectivity index (χ1) is 25.9. The normalized spacial score (nSPS) is 37.6. The lowest BCUT2D eigenvalue weighted by molar-refractivity contribution is -0.295. The van der Waals surface area contributed by atoms with Gasteiger partial charge in [-0.1, -0.05) is 57.7 Å². The molecule has 0 radical (unpaired) electrons. The summed E-state index contributed by atoms with van der Waals surface area (Å²) in [5.74, 6) is 0.675. The number of methoxy groups -OCH3 is 1. The fraction of sp³-hybridized carbons (Fsp3) is 0.643. The summed E-state index contributed by atoms with van der Waals surface area (Å²) in [4.78, 5) is 62.7. The number of Topliss-reactive ketones (excluding diaryl/α,β-unsaturated/α-hetero) is 2. The number of aliphatic hydroxyl groups excluding tert-OH is 1. The fourth-order valence-corrected chi connectivity index (χ4v) is 8.67. The van der Waals surface area contributed by atoms with Crippen LogP contribution in [-0.2, 0) is 38.1 Å². The van der Waals surface area contributed by atoms with E-state index in [9.17, 15) is 24.3 Å². The Labute approximate surface area is 324 Å². The number of ether oxygens (including phenoxy) is 5. The smallest absolute Gasteiger partial charge is 0.408 e. The summed E-state index contributed by atoms with van der Waals surface area (Å²) in [6.07, 6.45) is -3.06. The number of aromatic nitrogens is 1. The molecule has 13 atom stereocenters. The number of rotatable bonds is 6. The third-order valence-electron chi connectivity index (χ3n) is 11.9. The number of aliphatic hydroxyl groups is 1. The number of likely N-dealkylation sites (N-methyl/N-ethyl adjacent to an activating group) is 1. The van der Waals surface area contributed by atoms with Crippen molar-refractivity contribution in [3.05, 3.63) is 42.1 Å². The molecule has 2 N–H and O–H groups in total. The van der Waals surface area contributed by atoms with Gasteiger partial charge in [-0.25, -0.2) is 4.79 Å². The molecule has 2 aromatic rings. The van der Waals surface area contributed by atoms with Crippen molar-refractivity contribution < 1.29 is 48.0 Å². The summed E-state index contributed by atoms with van der Waals surface area (Å²) in [5, 5.41) is 15.2. The van der Waals surface area contributed by atoms with E-state index >= 15 is 0 Å². The average Bonchev–Trinajstić information content (AvgIpc) is 3.47. The second kappa shape index (κ2) is 17.1. The van der Waals surface area contributed by atoms with Gasteiger partial charge in [0.25, 0.3) is 0 Å². The highest BCUT2D eigenvalue weighted by atomic mass is 16.7. The molecule has 0 saturated carbocycles. The molecule has 4 heterocycles. The second-order valence-corrected chi connectivity index (χ2v) is 16.1. The molecule has 3 fully saturated rings. The number of alkyl carbamates (subject to hydrolysis) is 1. The number of para-hydroxylation sites is 1. The summed E-state index contributed by atoms with van der Waals surface area (Å²) in [7, 11) is 5.20. The lowest BCUT2D eigenvalue weighted by Gasteiger charge is -2.47. The molecular weight excluding hydrogens is 706 g/mol. The van der Waals surface area contributed by atoms with Gasteiger partial charge in [0.15, 0.2) is 17.7 Å². The van der Waals surface area contributed by atoms with Crippen LogP contribution in [0.3, 0.4) is 0 Å². The number of esters is 1. The molecule has 0 aliphatic carbocycles. The molecule has 3 aliphatic rings. The van der Waals surface area contributed by atoms with Crippen LogP contribution in [0.5, 0.6) is 0 Å². The Morgan fingerprint density at radius 1 is 1.05 bits per heavy atom. The fourth-order valence-electron chi connectivity index (χ4n) is 8.67. The SMILES string of the molecule is CC[C@@H]1OC(=O)C(CC#Cc2cnc3ccccc3c2)C(=O)[C@H](C)[C@@H](O[C@@H]2O[C@H](C)C[C@H](N(C)C)[C@H]2O)[C@@](C)(OC)C[C@@H](C)C(=O)[C@@H](C)[C@H]2NC(=O)O[C@]12C. The van der Waals surface area contributed by atoms with Gasteiger partial charge in [0.1, 0.15) is 23.9 Å². The number of carbonyl (C=O) groups excluding carboxylic acids is 4. The molecule has 1 aromatic heterocycles. The molecule has 3 aliphatic heterocycles. The van der Waals surface area contributed by atoms with Gasteiger partial charge < -0.3 is 39.0 Å². The number of benzene rings is 1. The van der Waals surface area contributed by atoms with Gasteiger partial charge in [-0.15, -0.1) is 0 Å². The molecule has 1 amide bonds. The predicted molar refractivity (Wildman–Crippen MR) is 204 cm³/mol. The number of amides is 1. The number of fused-ring (bicyclic) bond motifs is 2. The van der Waals surface area contributed by atoms with Crippen LogP contribution in [0.2, 0.25) is 0 Å². The number of cyclic esters (lactones) is 1. The zero-order valence-corrected chi connectivity index (χ0v) is 33.7. The van der Waals surface area contributed by atoms with Crippen LogP contribution in [0.1, 0.15) is 79.7 Å². The Morgan fingerprint density at radius 2 is 1.76 bits per heavy atom. The predicted octanol–water partition coefficient (Wildman–Crippen LogP) is 4.45. The second-order valence-electron chi connectivity index (χ2n) is 16.1. The van der Waals surface area contributed by atoms with Crippen molar-refractivity contribution in [3.63, 3.8) is 0 Å². The minimum Gasteiger partial charge on any atom is -0.457 e. The summed E-state index contributed by atoms with van der Waals surface area (Å²) >= 11 is 0. The zero-order valence-electron chi connectivity index (χ0n) is 33.7. The highest BCUT2D eigenvalue weighted by Crippen LogP contribution is 2.40. The first-order valence-corrected chi connectivity index (χ1v) is 19.3. The van der Waals surface area contributed by atoms with Gasteiger partial charge in [0.05, 0.1) is 29.4 Å². The van der Waals surface area contributed by atoms with E-state index in [0.717, 1.165) is 10.9 Å². The number of hydrogen-bond donors (Lipinski definition) is 2. The van der Waals surface area contributed by atoms with E-state index < -0.39 is 83.4 Å². The molecular formula is C42H57N3O10. The van der Waals surface area contributed by atoms with Crippen LogP contribution in [0.25, 0.3) is 10.9 Å². The molecule has 13 nitrogen and oxygen atoms in total. The van der Waals surface area contributed by atoms with Gasteiger partial charge in [-0.2, -0.15) is 0 Å². The Morgan fingerprint density at radius 3 is 2.44 bits per heavy atom. The van der Waals surface area contributed by atoms with Crippen molar-refractivity contribution in [2.45, 2.75) is 128 Å². The molecule has 300 valence electrons. The molecule has 0 bridgehead atoms. The first kappa shape index (κ1) is 42.2. The topological polar surface area (TPSA) is 163 Å². The van der Waals surface area contributed by atoms with E-state index in [1.54, 1.807) is 47.7 Å². The number of ketones is 2. The van der Waals surface area contributed by atoms with Gasteiger partial charge in [-0.3, -0.25) is 19.4 Å². The number of nitrogens with one attached hydrogen (secondary N) is 1. The lowest BCUT2D eigenvalue weighted by Crippen LogP contribution is -2.60. The maximum absolute atomic E-state index is 14.9. The third kappa shape index (κ3) is 8.74. The zero-order chi connectivity index (χ0) is 40.4. The molecule has 0 spiro atoms. The maximum Gasteiger partial charge on any atom is 0.408 e. The summed E-state index contributed by atoms with van der Waals surface area (Å²) in [6, 6.07) is 8.35. The average molecular weight is 764 g/mol. The van der Waals surface area contributed by atoms with Crippen LogP contribution >= 0.6 is 0 Å². The maximum atomic E-state index is 14.9. The van der Waals surface area contributed by atoms with Crippen molar-refractivity contribution in [3.8, 4) is 11.8 Å². The minimum absolute atomic E-state index is 0.101. The van der Waals surface area contributed by atoms with E-state index in [2.05, 4.69) is 22.1 Å². The minimum atomic E-state index is -1.42. The molecule has 13 heteroatoms. The van der Waals surface area contributed by atoms with Crippen molar-refractivity contribution in [1.82, 2.24) is 15.2 Å². The third-order valence-corrected chi connectivity index (χ3v) is 11.9. The van der Waals surface area contributed by atoms with E-state index in [0.29, 0.717) is 12.0 Å². The van der Waals surface area contributed by atoms with Crippen LogP contribution in [0.15, 0.2) is 36.5 Å². The van der Waals surface area contributed by atoms with Crippen molar-refractivity contribution in [1.29, 1.82) is 0 Å². The van der Waals surface area contributed by atoms with Gasteiger partial charge in [0.2, 0.25) is 0 Å². The Balaban J connectivity index is 1.60. The monoisotopic (exact) mass is 763 g/mol. The number of hydrogen-bond acceptors (Lipinski definition) is 12. The summed E-state index contributed by atoms with van der Waals surface area (Å²) < 4.78 is 30.9. The van der Waals surface area contributed by atoms with Crippen LogP contribution in [0.4, 0.5) is 4.79 Å². The van der Waals surface area contributed by atoms with Gasteiger partial charge >= 0.3 is 12.1 Å². The Kier molecular flexibility index (Phi) is 13.1. The summed E-state index contributed by atoms with van der Waals surface area (Å²) in [6.45, 7) is 12.2. The van der Waals surface area contributed by atoms with Gasteiger partial charge in [0, 0.05) is 54.5 Å². The molecule has 1 unspecified atom stereocenters. The van der Waals surface area contributed by atoms with Crippen molar-refractivity contribution >= 4 is 34.5 Å². The van der Waals surface area contributed by atoms with E-state index in [4.69, 9.17) is 23.7 Å². The quantitative estimate of drug-likeness (QED) is 0.242. The largest absolute Gasteiger partial charge is 0.457 e. The molecule has 55 heavy (non-hydrogen) atoms. The van der Waals surface area contributed by atoms with Crippen molar-refractivity contribution in [2.75, 3.05) is 21.2 Å². The highest BCUT2D eigenvalue weighted by Gasteiger charge is 2.57. The number of carbonyl (C=O) groups is 4. The van der Waals surface area contributed by atoms with Crippen LogP contribution in [0, 0.1) is 35.5 Å². The highest BCUT2D eigenvalue weighted by molar-refractivity contribution is 6.01. The van der Waals surface area contributed by atoms with Crippen LogP contribution < -0.4 is 5.32 Å². The summed E-state index contributed by atoms with van der Waals surface area (Å²) in [5.41, 5.74) is -1.32. The van der Waals surface area contributed by atoms with Gasteiger partial charge in [-0.05, 0) is 66.3 Å². The van der Waals surface area contributed by atoms with E-state index in [1.165, 1.54) is 7.11 Å². The number of pyridine rings is 1. The molecule has 3 saturated heterocycles. The number of nitrogens with zero attached hydrogens (tertiary/aromatic N) is 2. The van der Waals surface area contributed by atoms with E-state index in [1.807, 2.05) is 56.3 Å². The van der Waals surface area contributed by atoms with Crippen LogP contribution in [-0.4, -0.2) is 114 Å². The van der Waals surface area contributed by atoms with E-state index in [-0.39, 0.29) is 37.2 Å². The lowest BCUT2D eigenvalue weighted by atomic mass is 9.73. The molecule has 5 rings (SSSR count). The Hall–Kier alpha value is -3.93.